The molecule has 1 aromatic rings. The molecule has 0 aliphatic heterocycles. The summed E-state index contributed by atoms with van der Waals surface area (Å²) in [7, 11) is 1.89. The smallest absolute Gasteiger partial charge is 0.0834 e. The number of rotatable bonds is 8. The molecular weight excluding hydrogens is 236 g/mol. The SMILES string of the molecule is CCCCCCCC(NN)c1c(Cl)cnn1C. The number of aromatic nitrogens is 2. The molecule has 0 spiro atoms. The van der Waals surface area contributed by atoms with Crippen molar-refractivity contribution < 1.29 is 0 Å². The zero-order valence-electron chi connectivity index (χ0n) is 10.7. The van der Waals surface area contributed by atoms with Gasteiger partial charge in [0.2, 0.25) is 0 Å². The zero-order chi connectivity index (χ0) is 12.7. The lowest BCUT2D eigenvalue weighted by atomic mass is 10.0. The molecule has 1 atom stereocenters. The highest BCUT2D eigenvalue weighted by atomic mass is 35.5. The second-order valence-corrected chi connectivity index (χ2v) is 4.83. The molecule has 1 unspecified atom stereocenters. The molecular formula is C12H23ClN4. The van der Waals surface area contributed by atoms with Gasteiger partial charge in [-0.25, -0.2) is 0 Å². The van der Waals surface area contributed by atoms with Gasteiger partial charge in [-0.2, -0.15) is 5.10 Å². The van der Waals surface area contributed by atoms with Crippen LogP contribution >= 0.6 is 11.6 Å². The molecule has 0 saturated heterocycles. The molecule has 4 nitrogen and oxygen atoms in total. The molecule has 1 heterocycles. The van der Waals surface area contributed by atoms with Crippen molar-refractivity contribution in [3.63, 3.8) is 0 Å². The first kappa shape index (κ1) is 14.5. The van der Waals surface area contributed by atoms with E-state index < -0.39 is 0 Å². The highest BCUT2D eigenvalue weighted by Gasteiger charge is 2.17. The Morgan fingerprint density at radius 3 is 2.65 bits per heavy atom. The molecule has 0 amide bonds. The van der Waals surface area contributed by atoms with E-state index in [9.17, 15) is 0 Å². The number of aryl methyl sites for hydroxylation is 1. The Morgan fingerprint density at radius 1 is 1.41 bits per heavy atom. The van der Waals surface area contributed by atoms with Gasteiger partial charge in [-0.1, -0.05) is 50.6 Å². The van der Waals surface area contributed by atoms with Gasteiger partial charge in [-0.05, 0) is 6.42 Å². The fraction of sp³-hybridized carbons (Fsp3) is 0.750. The standard InChI is InChI=1S/C12H23ClN4/c1-3-4-5-6-7-8-11(16-14)12-10(13)9-15-17(12)2/h9,11,16H,3-8,14H2,1-2H3. The summed E-state index contributed by atoms with van der Waals surface area (Å²) in [5, 5.41) is 4.82. The quantitative estimate of drug-likeness (QED) is 0.428. The van der Waals surface area contributed by atoms with Crippen LogP contribution in [0.5, 0.6) is 0 Å². The molecule has 0 aromatic carbocycles. The first-order valence-electron chi connectivity index (χ1n) is 6.34. The Labute approximate surface area is 108 Å². The molecule has 3 N–H and O–H groups in total. The molecule has 5 heteroatoms. The van der Waals surface area contributed by atoms with Gasteiger partial charge in [0, 0.05) is 7.05 Å². The molecule has 0 radical (unpaired) electrons. The van der Waals surface area contributed by atoms with Crippen molar-refractivity contribution in [2.45, 2.75) is 51.5 Å². The van der Waals surface area contributed by atoms with Crippen LogP contribution in [0, 0.1) is 0 Å². The molecule has 98 valence electrons. The maximum atomic E-state index is 6.10. The van der Waals surface area contributed by atoms with E-state index in [1.54, 1.807) is 10.9 Å². The number of nitrogens with two attached hydrogens (primary N) is 1. The lowest BCUT2D eigenvalue weighted by Crippen LogP contribution is -2.29. The van der Waals surface area contributed by atoms with E-state index in [0.29, 0.717) is 5.02 Å². The van der Waals surface area contributed by atoms with Crippen LogP contribution in [0.25, 0.3) is 0 Å². The normalized spacial score (nSPS) is 12.9. The van der Waals surface area contributed by atoms with Crippen LogP contribution < -0.4 is 11.3 Å². The topological polar surface area (TPSA) is 55.9 Å². The molecule has 17 heavy (non-hydrogen) atoms. The molecule has 0 fully saturated rings. The summed E-state index contributed by atoms with van der Waals surface area (Å²) in [4.78, 5) is 0. The van der Waals surface area contributed by atoms with E-state index in [-0.39, 0.29) is 6.04 Å². The van der Waals surface area contributed by atoms with Crippen molar-refractivity contribution >= 4 is 11.6 Å². The van der Waals surface area contributed by atoms with Gasteiger partial charge in [0.1, 0.15) is 0 Å². The summed E-state index contributed by atoms with van der Waals surface area (Å²) in [6.45, 7) is 2.22. The van der Waals surface area contributed by atoms with Crippen LogP contribution in [0.4, 0.5) is 0 Å². The average molecular weight is 259 g/mol. The van der Waals surface area contributed by atoms with Gasteiger partial charge >= 0.3 is 0 Å². The van der Waals surface area contributed by atoms with Gasteiger partial charge in [0.15, 0.2) is 0 Å². The highest BCUT2D eigenvalue weighted by molar-refractivity contribution is 6.31. The van der Waals surface area contributed by atoms with E-state index in [0.717, 1.165) is 18.5 Å². The van der Waals surface area contributed by atoms with E-state index >= 15 is 0 Å². The van der Waals surface area contributed by atoms with Crippen LogP contribution in [0.1, 0.15) is 57.2 Å². The fourth-order valence-electron chi connectivity index (χ4n) is 2.06. The van der Waals surface area contributed by atoms with Crippen molar-refractivity contribution in [1.82, 2.24) is 15.2 Å². The monoisotopic (exact) mass is 258 g/mol. The van der Waals surface area contributed by atoms with E-state index in [1.807, 2.05) is 7.05 Å². The van der Waals surface area contributed by atoms with Crippen LogP contribution in [0.3, 0.4) is 0 Å². The van der Waals surface area contributed by atoms with Crippen LogP contribution in [-0.4, -0.2) is 9.78 Å². The third kappa shape index (κ3) is 4.30. The van der Waals surface area contributed by atoms with Crippen LogP contribution in [-0.2, 0) is 7.05 Å². The summed E-state index contributed by atoms with van der Waals surface area (Å²) in [6.07, 6.45) is 8.96. The number of hydrazine groups is 1. The molecule has 0 bridgehead atoms. The van der Waals surface area contributed by atoms with Crippen LogP contribution in [0.2, 0.25) is 5.02 Å². The van der Waals surface area contributed by atoms with E-state index in [2.05, 4.69) is 17.4 Å². The van der Waals surface area contributed by atoms with Crippen molar-refractivity contribution in [2.24, 2.45) is 12.9 Å². The Morgan fingerprint density at radius 2 is 2.12 bits per heavy atom. The Kier molecular flexibility index (Phi) is 6.55. The third-order valence-electron chi connectivity index (χ3n) is 3.07. The number of hydrogen-bond donors (Lipinski definition) is 2. The fourth-order valence-corrected chi connectivity index (χ4v) is 2.36. The maximum Gasteiger partial charge on any atom is 0.0834 e. The van der Waals surface area contributed by atoms with Gasteiger partial charge < -0.3 is 0 Å². The van der Waals surface area contributed by atoms with Crippen molar-refractivity contribution in [1.29, 1.82) is 0 Å². The van der Waals surface area contributed by atoms with Gasteiger partial charge in [0.25, 0.3) is 0 Å². The average Bonchev–Trinajstić information content (AvgIpc) is 2.65. The number of nitrogens with one attached hydrogen (secondary N) is 1. The predicted octanol–water partition coefficient (Wildman–Crippen LogP) is 2.94. The second kappa shape index (κ2) is 7.69. The Bertz CT molecular complexity index is 305. The maximum absolute atomic E-state index is 6.10. The van der Waals surface area contributed by atoms with Crippen molar-refractivity contribution in [3.8, 4) is 0 Å². The minimum atomic E-state index is 0.0941. The van der Waals surface area contributed by atoms with Crippen molar-refractivity contribution in [3.05, 3.63) is 16.9 Å². The molecule has 0 saturated carbocycles. The second-order valence-electron chi connectivity index (χ2n) is 4.42. The number of halogens is 1. The molecule has 0 aliphatic rings. The lowest BCUT2D eigenvalue weighted by Gasteiger charge is -2.16. The third-order valence-corrected chi connectivity index (χ3v) is 3.36. The lowest BCUT2D eigenvalue weighted by molar-refractivity contribution is 0.453. The first-order valence-corrected chi connectivity index (χ1v) is 6.72. The molecule has 1 aromatic heterocycles. The summed E-state index contributed by atoms with van der Waals surface area (Å²) in [5.74, 6) is 5.59. The number of unbranched alkanes of at least 4 members (excludes halogenated alkanes) is 4. The zero-order valence-corrected chi connectivity index (χ0v) is 11.5. The van der Waals surface area contributed by atoms with Gasteiger partial charge in [-0.15, -0.1) is 0 Å². The van der Waals surface area contributed by atoms with Gasteiger partial charge in [0.05, 0.1) is 23.0 Å². The van der Waals surface area contributed by atoms with E-state index in [1.165, 1.54) is 25.7 Å². The minimum absolute atomic E-state index is 0.0941. The Balaban J connectivity index is 2.43. The summed E-state index contributed by atoms with van der Waals surface area (Å²) in [6, 6.07) is 0.0941. The molecule has 1 rings (SSSR count). The summed E-state index contributed by atoms with van der Waals surface area (Å²) in [5.41, 5.74) is 3.81. The van der Waals surface area contributed by atoms with Gasteiger partial charge in [-0.3, -0.25) is 16.0 Å². The number of hydrogen-bond acceptors (Lipinski definition) is 3. The minimum Gasteiger partial charge on any atom is -0.271 e. The predicted molar refractivity (Wildman–Crippen MR) is 71.7 cm³/mol. The first-order chi connectivity index (χ1) is 8.20. The summed E-state index contributed by atoms with van der Waals surface area (Å²) < 4.78 is 1.79. The van der Waals surface area contributed by atoms with Crippen LogP contribution in [0.15, 0.2) is 6.20 Å². The van der Waals surface area contributed by atoms with Crippen molar-refractivity contribution in [2.75, 3.05) is 0 Å². The highest BCUT2D eigenvalue weighted by Crippen LogP contribution is 2.25. The van der Waals surface area contributed by atoms with E-state index in [4.69, 9.17) is 17.4 Å². The number of nitrogens with zero attached hydrogens (tertiary/aromatic N) is 2. The summed E-state index contributed by atoms with van der Waals surface area (Å²) >= 11 is 6.10. The molecule has 0 aliphatic carbocycles. The largest absolute Gasteiger partial charge is 0.271 e. The Hall–Kier alpha value is -0.580.